The first kappa shape index (κ1) is 13.3. The van der Waals surface area contributed by atoms with Crippen molar-refractivity contribution in [2.24, 2.45) is 5.41 Å². The van der Waals surface area contributed by atoms with Gasteiger partial charge in [-0.1, -0.05) is 23.2 Å². The zero-order chi connectivity index (χ0) is 12.6. The van der Waals surface area contributed by atoms with Crippen molar-refractivity contribution in [3.8, 4) is 0 Å². The normalized spacial score (nSPS) is 18.1. The van der Waals surface area contributed by atoms with Crippen molar-refractivity contribution < 1.29 is 4.79 Å². The molecule has 92 valence electrons. The number of carbonyl (C=O) groups excluding carboxylic acids is 1. The van der Waals surface area contributed by atoms with Crippen molar-refractivity contribution in [2.45, 2.75) is 0 Å². The highest BCUT2D eigenvalue weighted by Gasteiger charge is 2.51. The van der Waals surface area contributed by atoms with Crippen LogP contribution in [0.1, 0.15) is 0 Å². The molecule has 1 heterocycles. The monoisotopic (exact) mass is 311 g/mol. The second kappa shape index (κ2) is 4.85. The Balaban J connectivity index is 2.25. The molecule has 1 aliphatic rings. The largest absolute Gasteiger partial charge is 0.311 e. The van der Waals surface area contributed by atoms with Gasteiger partial charge in [-0.15, -0.1) is 23.2 Å². The number of hydrogen-bond acceptors (Lipinski definition) is 1. The first-order valence-electron chi connectivity index (χ1n) is 4.92. The Morgan fingerprint density at radius 2 is 1.65 bits per heavy atom. The molecule has 1 fully saturated rings. The maximum absolute atomic E-state index is 12.0. The summed E-state index contributed by atoms with van der Waals surface area (Å²) in [6, 6.07) is 5.00. The Labute approximate surface area is 119 Å². The molecule has 1 aromatic rings. The molecule has 0 N–H and O–H groups in total. The minimum absolute atomic E-state index is 0.0826. The number of amides is 1. The molecular formula is C11H9Cl4NO. The quantitative estimate of drug-likeness (QED) is 0.614. The Kier molecular flexibility index (Phi) is 3.79. The number of nitrogens with zero attached hydrogens (tertiary/aromatic N) is 1. The van der Waals surface area contributed by atoms with Crippen molar-refractivity contribution in [3.63, 3.8) is 0 Å². The van der Waals surface area contributed by atoms with Crippen LogP contribution in [0.25, 0.3) is 0 Å². The van der Waals surface area contributed by atoms with Crippen LogP contribution in [0.15, 0.2) is 18.2 Å². The number of halogens is 4. The maximum Gasteiger partial charge on any atom is 0.237 e. The minimum atomic E-state index is -0.641. The lowest BCUT2D eigenvalue weighted by Crippen LogP contribution is -2.64. The van der Waals surface area contributed by atoms with Gasteiger partial charge >= 0.3 is 0 Å². The van der Waals surface area contributed by atoms with Gasteiger partial charge in [0.1, 0.15) is 0 Å². The Morgan fingerprint density at radius 3 is 2.06 bits per heavy atom. The second-order valence-electron chi connectivity index (χ2n) is 4.07. The number of β-lactam (4-membered cyclic amide) rings is 1. The van der Waals surface area contributed by atoms with E-state index in [0.29, 0.717) is 22.3 Å². The summed E-state index contributed by atoms with van der Waals surface area (Å²) in [6.07, 6.45) is 0. The molecule has 0 saturated carbocycles. The lowest BCUT2D eigenvalue weighted by atomic mass is 9.82. The summed E-state index contributed by atoms with van der Waals surface area (Å²) in [6.45, 7) is 0.496. The van der Waals surface area contributed by atoms with E-state index in [2.05, 4.69) is 0 Å². The summed E-state index contributed by atoms with van der Waals surface area (Å²) in [7, 11) is 0. The van der Waals surface area contributed by atoms with Gasteiger partial charge in [-0.25, -0.2) is 0 Å². The third-order valence-corrected chi connectivity index (χ3v) is 4.29. The summed E-state index contributed by atoms with van der Waals surface area (Å²) in [5, 5.41) is 0.990. The average molecular weight is 313 g/mol. The van der Waals surface area contributed by atoms with Gasteiger partial charge in [0.05, 0.1) is 5.41 Å². The van der Waals surface area contributed by atoms with Gasteiger partial charge in [0.15, 0.2) is 0 Å². The summed E-state index contributed by atoms with van der Waals surface area (Å²) >= 11 is 23.3. The molecule has 17 heavy (non-hydrogen) atoms. The minimum Gasteiger partial charge on any atom is -0.311 e. The number of rotatable bonds is 3. The zero-order valence-corrected chi connectivity index (χ0v) is 11.7. The van der Waals surface area contributed by atoms with E-state index in [-0.39, 0.29) is 17.7 Å². The lowest BCUT2D eigenvalue weighted by Gasteiger charge is -2.46. The van der Waals surface area contributed by atoms with Crippen molar-refractivity contribution in [1.82, 2.24) is 0 Å². The molecule has 0 spiro atoms. The molecule has 0 unspecified atom stereocenters. The first-order chi connectivity index (χ1) is 8.02. The van der Waals surface area contributed by atoms with Crippen LogP contribution in [0.4, 0.5) is 5.69 Å². The Hall–Kier alpha value is -0.150. The van der Waals surface area contributed by atoms with Gasteiger partial charge in [0.2, 0.25) is 5.91 Å². The van der Waals surface area contributed by atoms with E-state index >= 15 is 0 Å². The van der Waals surface area contributed by atoms with Crippen LogP contribution in [0.3, 0.4) is 0 Å². The topological polar surface area (TPSA) is 20.3 Å². The first-order valence-corrected chi connectivity index (χ1v) is 6.75. The number of anilines is 1. The van der Waals surface area contributed by atoms with Gasteiger partial charge in [-0.05, 0) is 18.2 Å². The fourth-order valence-corrected chi connectivity index (χ4v) is 2.97. The Morgan fingerprint density at radius 1 is 1.12 bits per heavy atom. The van der Waals surface area contributed by atoms with Gasteiger partial charge in [0, 0.05) is 34.0 Å². The van der Waals surface area contributed by atoms with Crippen LogP contribution in [0.2, 0.25) is 10.0 Å². The molecular weight excluding hydrogens is 304 g/mol. The van der Waals surface area contributed by atoms with Gasteiger partial charge in [-0.3, -0.25) is 4.79 Å². The predicted molar refractivity (Wildman–Crippen MR) is 72.7 cm³/mol. The van der Waals surface area contributed by atoms with Crippen LogP contribution in [0, 0.1) is 5.41 Å². The molecule has 2 rings (SSSR count). The van der Waals surface area contributed by atoms with Gasteiger partial charge in [-0.2, -0.15) is 0 Å². The van der Waals surface area contributed by atoms with Gasteiger partial charge < -0.3 is 4.90 Å². The molecule has 1 saturated heterocycles. The standard InChI is InChI=1S/C11H9Cl4NO/c12-4-11(5-13)6-16(10(11)17)9-2-7(14)1-8(15)3-9/h1-3H,4-6H2. The molecule has 1 aromatic carbocycles. The number of benzene rings is 1. The summed E-state index contributed by atoms with van der Waals surface area (Å²) in [5.41, 5.74) is 0.0381. The zero-order valence-electron chi connectivity index (χ0n) is 8.72. The summed E-state index contributed by atoms with van der Waals surface area (Å²) in [4.78, 5) is 13.6. The molecule has 6 heteroatoms. The number of alkyl halides is 2. The molecule has 1 amide bonds. The molecule has 0 aliphatic carbocycles. The molecule has 0 aromatic heterocycles. The Bertz CT molecular complexity index is 439. The average Bonchev–Trinajstić information content (AvgIpc) is 2.27. The fraction of sp³-hybridized carbons (Fsp3) is 0.364. The second-order valence-corrected chi connectivity index (χ2v) is 5.47. The van der Waals surface area contributed by atoms with Crippen LogP contribution >= 0.6 is 46.4 Å². The van der Waals surface area contributed by atoms with Crippen molar-refractivity contribution in [2.75, 3.05) is 23.2 Å². The van der Waals surface area contributed by atoms with Crippen molar-refractivity contribution in [1.29, 1.82) is 0 Å². The highest BCUT2D eigenvalue weighted by Crippen LogP contribution is 2.39. The number of carbonyl (C=O) groups is 1. The third kappa shape index (κ3) is 2.24. The summed E-state index contributed by atoms with van der Waals surface area (Å²) < 4.78 is 0. The SMILES string of the molecule is O=C1N(c2cc(Cl)cc(Cl)c2)CC1(CCl)CCl. The lowest BCUT2D eigenvalue weighted by molar-refractivity contribution is -0.132. The molecule has 1 aliphatic heterocycles. The molecule has 0 atom stereocenters. The smallest absolute Gasteiger partial charge is 0.237 e. The van der Waals surface area contributed by atoms with E-state index in [1.165, 1.54) is 0 Å². The van der Waals surface area contributed by atoms with Gasteiger partial charge in [0.25, 0.3) is 0 Å². The van der Waals surface area contributed by atoms with E-state index in [4.69, 9.17) is 46.4 Å². The van der Waals surface area contributed by atoms with Crippen molar-refractivity contribution in [3.05, 3.63) is 28.2 Å². The highest BCUT2D eigenvalue weighted by molar-refractivity contribution is 6.35. The number of hydrogen-bond donors (Lipinski definition) is 0. The van der Waals surface area contributed by atoms with E-state index < -0.39 is 5.41 Å². The molecule has 2 nitrogen and oxygen atoms in total. The van der Waals surface area contributed by atoms with E-state index in [9.17, 15) is 4.79 Å². The third-order valence-electron chi connectivity index (χ3n) is 2.83. The van der Waals surface area contributed by atoms with Crippen LogP contribution in [-0.4, -0.2) is 24.2 Å². The molecule has 0 bridgehead atoms. The van der Waals surface area contributed by atoms with Crippen molar-refractivity contribution >= 4 is 58.0 Å². The molecule has 0 radical (unpaired) electrons. The van der Waals surface area contributed by atoms with E-state index in [0.717, 1.165) is 0 Å². The van der Waals surface area contributed by atoms with E-state index in [1.807, 2.05) is 0 Å². The van der Waals surface area contributed by atoms with E-state index in [1.54, 1.807) is 23.1 Å². The fourth-order valence-electron chi connectivity index (χ4n) is 1.78. The van der Waals surface area contributed by atoms with Crippen LogP contribution in [0.5, 0.6) is 0 Å². The predicted octanol–water partition coefficient (Wildman–Crippen LogP) is 3.80. The maximum atomic E-state index is 12.0. The van der Waals surface area contributed by atoms with Crippen LogP contribution in [-0.2, 0) is 4.79 Å². The highest BCUT2D eigenvalue weighted by atomic mass is 35.5. The summed E-state index contributed by atoms with van der Waals surface area (Å²) in [5.74, 6) is 0.362. The van der Waals surface area contributed by atoms with Crippen LogP contribution < -0.4 is 4.90 Å².